The van der Waals surface area contributed by atoms with Crippen LogP contribution in [0, 0.1) is 0 Å². The number of likely N-dealkylation sites (N-methyl/N-ethyl adjacent to an activating group) is 1. The van der Waals surface area contributed by atoms with Gasteiger partial charge in [-0.15, -0.1) is 0 Å². The second-order valence-electron chi connectivity index (χ2n) is 3.06. The lowest BCUT2D eigenvalue weighted by molar-refractivity contribution is 0.00763. The van der Waals surface area contributed by atoms with Crippen LogP contribution in [0.1, 0.15) is 6.92 Å². The zero-order valence-electron chi connectivity index (χ0n) is 7.38. The molecule has 1 saturated heterocycles. The smallest absolute Gasteiger partial charge is 0.0614 e. The third-order valence-electron chi connectivity index (χ3n) is 2.28. The lowest BCUT2D eigenvalue weighted by Crippen LogP contribution is -2.60. The van der Waals surface area contributed by atoms with Crippen LogP contribution in [0.2, 0.25) is 0 Å². The summed E-state index contributed by atoms with van der Waals surface area (Å²) in [5.41, 5.74) is 5.45. The Labute approximate surface area is 68.3 Å². The molecule has 0 aromatic carbocycles. The first-order chi connectivity index (χ1) is 5.25. The van der Waals surface area contributed by atoms with Crippen LogP contribution in [0.4, 0.5) is 0 Å². The van der Waals surface area contributed by atoms with Gasteiger partial charge in [0.2, 0.25) is 0 Å². The molecule has 0 spiro atoms. The number of nitrogens with two attached hydrogens (primary N) is 1. The summed E-state index contributed by atoms with van der Waals surface area (Å²) >= 11 is 0. The topological polar surface area (TPSA) is 44.5 Å². The summed E-state index contributed by atoms with van der Waals surface area (Å²) in [6, 6.07) is 0. The van der Waals surface area contributed by atoms with Crippen molar-refractivity contribution in [1.29, 1.82) is 0 Å². The molecule has 1 aliphatic heterocycles. The third-order valence-corrected chi connectivity index (χ3v) is 2.28. The van der Waals surface area contributed by atoms with Gasteiger partial charge in [-0.25, -0.2) is 0 Å². The molecular formula is C7H18N4. The van der Waals surface area contributed by atoms with Gasteiger partial charge in [0.05, 0.1) is 19.5 Å². The minimum atomic E-state index is 0.514. The Kier molecular flexibility index (Phi) is 3.26. The molecule has 1 aliphatic rings. The molecule has 1 rings (SSSR count). The van der Waals surface area contributed by atoms with Crippen molar-refractivity contribution in [1.82, 2.24) is 15.1 Å². The standard InChI is InChI=1S/C7H18N4/c1-7(10(2)4-3-8)11-5-9-6-11/h7,9H,3-6,8H2,1-2H3. The first-order valence-corrected chi connectivity index (χ1v) is 4.11. The molecule has 1 atom stereocenters. The van der Waals surface area contributed by atoms with E-state index < -0.39 is 0 Å². The molecule has 0 aromatic rings. The second-order valence-corrected chi connectivity index (χ2v) is 3.06. The maximum Gasteiger partial charge on any atom is 0.0614 e. The van der Waals surface area contributed by atoms with Crippen molar-refractivity contribution < 1.29 is 0 Å². The molecule has 4 nitrogen and oxygen atoms in total. The summed E-state index contributed by atoms with van der Waals surface area (Å²) in [7, 11) is 2.11. The number of nitrogens with zero attached hydrogens (tertiary/aromatic N) is 2. The fourth-order valence-electron chi connectivity index (χ4n) is 1.17. The molecule has 0 bridgehead atoms. The number of rotatable bonds is 4. The third kappa shape index (κ3) is 2.13. The van der Waals surface area contributed by atoms with Crippen LogP contribution in [0.15, 0.2) is 0 Å². The molecule has 0 aliphatic carbocycles. The molecule has 0 radical (unpaired) electrons. The maximum absolute atomic E-state index is 5.45. The highest BCUT2D eigenvalue weighted by Crippen LogP contribution is 2.04. The average Bonchev–Trinajstić information content (AvgIpc) is 1.84. The predicted molar refractivity (Wildman–Crippen MR) is 45.9 cm³/mol. The fraction of sp³-hybridized carbons (Fsp3) is 1.00. The first kappa shape index (κ1) is 8.93. The summed E-state index contributed by atoms with van der Waals surface area (Å²) in [6.07, 6.45) is 0.514. The van der Waals surface area contributed by atoms with E-state index in [2.05, 4.69) is 29.1 Å². The van der Waals surface area contributed by atoms with Gasteiger partial charge in [-0.2, -0.15) is 0 Å². The molecule has 1 unspecified atom stereocenters. The van der Waals surface area contributed by atoms with Crippen molar-refractivity contribution in [2.24, 2.45) is 5.73 Å². The van der Waals surface area contributed by atoms with E-state index in [1.165, 1.54) is 0 Å². The largest absolute Gasteiger partial charge is 0.329 e. The quantitative estimate of drug-likeness (QED) is 0.553. The number of hydrogen-bond acceptors (Lipinski definition) is 4. The van der Waals surface area contributed by atoms with Crippen molar-refractivity contribution in [2.45, 2.75) is 13.1 Å². The van der Waals surface area contributed by atoms with Gasteiger partial charge in [-0.05, 0) is 14.0 Å². The van der Waals surface area contributed by atoms with Crippen LogP contribution in [0.5, 0.6) is 0 Å². The van der Waals surface area contributed by atoms with Gasteiger partial charge >= 0.3 is 0 Å². The number of nitrogens with one attached hydrogen (secondary N) is 1. The minimum absolute atomic E-state index is 0.514. The Hall–Kier alpha value is -0.160. The highest BCUT2D eigenvalue weighted by atomic mass is 15.5. The van der Waals surface area contributed by atoms with E-state index in [4.69, 9.17) is 5.73 Å². The highest BCUT2D eigenvalue weighted by Gasteiger charge is 2.21. The predicted octanol–water partition coefficient (Wildman–Crippen LogP) is -0.957. The van der Waals surface area contributed by atoms with Crippen molar-refractivity contribution in [3.8, 4) is 0 Å². The van der Waals surface area contributed by atoms with Gasteiger partial charge in [-0.1, -0.05) is 0 Å². The summed E-state index contributed by atoms with van der Waals surface area (Å²) in [4.78, 5) is 4.62. The minimum Gasteiger partial charge on any atom is -0.329 e. The molecule has 1 heterocycles. The number of hydrogen-bond donors (Lipinski definition) is 2. The monoisotopic (exact) mass is 158 g/mol. The molecule has 11 heavy (non-hydrogen) atoms. The molecule has 3 N–H and O–H groups in total. The molecule has 0 aromatic heterocycles. The summed E-state index contributed by atoms with van der Waals surface area (Å²) < 4.78 is 0. The van der Waals surface area contributed by atoms with Crippen LogP contribution < -0.4 is 11.1 Å². The van der Waals surface area contributed by atoms with Gasteiger partial charge in [0.25, 0.3) is 0 Å². The van der Waals surface area contributed by atoms with Crippen LogP contribution in [-0.2, 0) is 0 Å². The SMILES string of the molecule is CC(N(C)CCN)N1CNC1. The normalized spacial score (nSPS) is 21.8. The van der Waals surface area contributed by atoms with E-state index in [9.17, 15) is 0 Å². The van der Waals surface area contributed by atoms with Gasteiger partial charge in [0, 0.05) is 13.1 Å². The zero-order chi connectivity index (χ0) is 8.27. The van der Waals surface area contributed by atoms with Crippen LogP contribution >= 0.6 is 0 Å². The lowest BCUT2D eigenvalue weighted by atomic mass is 10.4. The second kappa shape index (κ2) is 4.01. The average molecular weight is 158 g/mol. The van der Waals surface area contributed by atoms with E-state index in [0.717, 1.165) is 26.4 Å². The van der Waals surface area contributed by atoms with Crippen LogP contribution in [0.3, 0.4) is 0 Å². The molecule has 1 fully saturated rings. The van der Waals surface area contributed by atoms with Crippen LogP contribution in [0.25, 0.3) is 0 Å². The van der Waals surface area contributed by atoms with Gasteiger partial charge in [0.1, 0.15) is 0 Å². The van der Waals surface area contributed by atoms with E-state index in [1.54, 1.807) is 0 Å². The van der Waals surface area contributed by atoms with Crippen molar-refractivity contribution in [2.75, 3.05) is 33.5 Å². The van der Waals surface area contributed by atoms with E-state index >= 15 is 0 Å². The van der Waals surface area contributed by atoms with Crippen molar-refractivity contribution in [3.05, 3.63) is 0 Å². The Morgan fingerprint density at radius 3 is 2.64 bits per heavy atom. The zero-order valence-corrected chi connectivity index (χ0v) is 7.38. The van der Waals surface area contributed by atoms with Gasteiger partial charge in [-0.3, -0.25) is 15.1 Å². The first-order valence-electron chi connectivity index (χ1n) is 4.11. The summed E-state index contributed by atoms with van der Waals surface area (Å²) in [5, 5.41) is 3.21. The lowest BCUT2D eigenvalue weighted by Gasteiger charge is -2.41. The van der Waals surface area contributed by atoms with Crippen molar-refractivity contribution in [3.63, 3.8) is 0 Å². The molecule has 66 valence electrons. The molecular weight excluding hydrogens is 140 g/mol. The highest BCUT2D eigenvalue weighted by molar-refractivity contribution is 4.71. The molecule has 0 saturated carbocycles. The summed E-state index contributed by atoms with van der Waals surface area (Å²) in [5.74, 6) is 0. The Morgan fingerprint density at radius 2 is 2.27 bits per heavy atom. The van der Waals surface area contributed by atoms with E-state index in [1.807, 2.05) is 0 Å². The molecule has 4 heteroatoms. The Balaban J connectivity index is 2.21. The summed E-state index contributed by atoms with van der Waals surface area (Å²) in [6.45, 7) is 5.93. The van der Waals surface area contributed by atoms with E-state index in [-0.39, 0.29) is 0 Å². The molecule has 0 amide bonds. The van der Waals surface area contributed by atoms with Crippen molar-refractivity contribution >= 4 is 0 Å². The van der Waals surface area contributed by atoms with Gasteiger partial charge < -0.3 is 5.73 Å². The van der Waals surface area contributed by atoms with Gasteiger partial charge in [0.15, 0.2) is 0 Å². The van der Waals surface area contributed by atoms with Crippen LogP contribution in [-0.4, -0.2) is 49.4 Å². The maximum atomic E-state index is 5.45. The fourth-order valence-corrected chi connectivity index (χ4v) is 1.17. The Morgan fingerprint density at radius 1 is 1.64 bits per heavy atom. The Bertz CT molecular complexity index is 113. The van der Waals surface area contributed by atoms with E-state index in [0.29, 0.717) is 6.17 Å².